The molecule has 2 aliphatic rings. The van der Waals surface area contributed by atoms with Gasteiger partial charge in [-0.25, -0.2) is 29.9 Å². The lowest BCUT2D eigenvalue weighted by Gasteiger charge is -2.32. The van der Waals surface area contributed by atoms with Crippen LogP contribution in [0.5, 0.6) is 17.2 Å². The molecule has 112 heavy (non-hydrogen) atoms. The van der Waals surface area contributed by atoms with Crippen molar-refractivity contribution in [3.8, 4) is 41.9 Å². The Morgan fingerprint density at radius 3 is 1.24 bits per heavy atom. The molecule has 7 aromatic rings. The summed E-state index contributed by atoms with van der Waals surface area (Å²) in [6, 6.07) is 11.1. The summed E-state index contributed by atoms with van der Waals surface area (Å²) in [5.41, 5.74) is 2.78. The molecule has 6 atom stereocenters. The molecule has 0 aliphatic carbocycles. The zero-order chi connectivity index (χ0) is 82.5. The fraction of sp³-hybridized carbons (Fsp3) is 0.529. The Labute approximate surface area is 655 Å². The number of carbonyl (C=O) groups is 8. The van der Waals surface area contributed by atoms with Gasteiger partial charge in [0.1, 0.15) is 66.8 Å². The van der Waals surface area contributed by atoms with Crippen LogP contribution in [0, 0.1) is 80.1 Å². The number of ether oxygens (including phenoxy) is 8. The molecule has 0 saturated carbocycles. The van der Waals surface area contributed by atoms with Crippen LogP contribution in [0.1, 0.15) is 247 Å². The number of hydrogen-bond donors (Lipinski definition) is 3. The number of aliphatic hydroxyl groups is 1. The number of imidazole rings is 2. The number of aromatic nitrogens is 8. The molecule has 0 spiro atoms. The van der Waals surface area contributed by atoms with Gasteiger partial charge in [0.05, 0.1) is 31.9 Å². The third-order valence-corrected chi connectivity index (χ3v) is 19.8. The molecule has 0 radical (unpaired) electrons. The third-order valence-electron chi connectivity index (χ3n) is 19.8. The van der Waals surface area contributed by atoms with E-state index >= 15 is 0 Å². The minimum absolute atomic E-state index is 0.00358. The Morgan fingerprint density at radius 1 is 0.518 bits per heavy atom. The van der Waals surface area contributed by atoms with Crippen LogP contribution in [0.4, 0.5) is 11.6 Å². The number of aryl methyl sites for hydroxylation is 8. The summed E-state index contributed by atoms with van der Waals surface area (Å²) < 4.78 is 50.7. The van der Waals surface area contributed by atoms with Crippen molar-refractivity contribution in [2.45, 2.75) is 280 Å². The molecule has 0 bridgehead atoms. The van der Waals surface area contributed by atoms with Crippen molar-refractivity contribution in [3.63, 3.8) is 0 Å². The number of nitrogens with zero attached hydrogens (tertiary/aromatic N) is 8. The number of unbranched alkanes of at least 4 members (excludes halogenated alkanes) is 6. The topological polar surface area (TPSA) is 342 Å². The Bertz CT molecular complexity index is 4790. The maximum atomic E-state index is 14.2. The second-order valence-electron chi connectivity index (χ2n) is 31.4. The first kappa shape index (κ1) is 87.1. The summed E-state index contributed by atoms with van der Waals surface area (Å²) in [4.78, 5) is 130. The van der Waals surface area contributed by atoms with E-state index in [9.17, 15) is 43.5 Å². The van der Waals surface area contributed by atoms with E-state index in [0.29, 0.717) is 81.0 Å². The van der Waals surface area contributed by atoms with E-state index in [4.69, 9.17) is 50.7 Å². The van der Waals surface area contributed by atoms with Crippen molar-refractivity contribution in [2.75, 3.05) is 23.8 Å². The van der Waals surface area contributed by atoms with Gasteiger partial charge in [0.15, 0.2) is 39.6 Å². The van der Waals surface area contributed by atoms with Gasteiger partial charge in [-0.2, -0.15) is 0 Å². The third kappa shape index (κ3) is 21.4. The summed E-state index contributed by atoms with van der Waals surface area (Å²) in [6.07, 6.45) is 19.3. The van der Waals surface area contributed by atoms with E-state index in [2.05, 4.69) is 66.2 Å². The Kier molecular flexibility index (Phi) is 28.6. The molecule has 27 heteroatoms. The smallest absolute Gasteiger partial charge is 0.308 e. The second kappa shape index (κ2) is 36.8. The van der Waals surface area contributed by atoms with Crippen LogP contribution in [-0.4, -0.2) is 128 Å². The maximum Gasteiger partial charge on any atom is 0.308 e. The van der Waals surface area contributed by atoms with Crippen LogP contribution in [0.3, 0.4) is 0 Å². The number of benzene rings is 3. The molecule has 9 rings (SSSR count). The monoisotopic (exact) mass is 1540 g/mol. The average Bonchev–Trinajstić information content (AvgIpc) is 1.54. The lowest BCUT2D eigenvalue weighted by atomic mass is 9.78. The van der Waals surface area contributed by atoms with E-state index in [1.807, 2.05) is 101 Å². The fourth-order valence-electron chi connectivity index (χ4n) is 15.2. The number of carbonyl (C=O) groups excluding carboxylic acids is 8. The molecule has 2 aliphatic heterocycles. The maximum absolute atomic E-state index is 14.2. The molecule has 6 heterocycles. The lowest BCUT2D eigenvalue weighted by Crippen LogP contribution is -2.46. The van der Waals surface area contributed by atoms with Crippen LogP contribution in [0.15, 0.2) is 49.1 Å². The van der Waals surface area contributed by atoms with E-state index in [-0.39, 0.29) is 56.3 Å². The highest BCUT2D eigenvalue weighted by atomic mass is 16.6. The first-order valence-corrected chi connectivity index (χ1v) is 38.1. The first-order valence-electron chi connectivity index (χ1n) is 38.1. The molecule has 2 amide bonds. The SMILES string of the molecule is C#C[C@]1(COC(=O)CC(C)(C)c2c(C)cc(C)cc2OC(C)=O)O[C@@H](n2cnc3c(NC(=O)CCCCCC)nc(C)nc32)C[C@@H]1O.C#C[C@]1(COC(=O)CC(C)(C)c2c(C)cc(C)cc2OC(C)=O)O[C@@H](n2cnc3c(NC(=O)CCCCCC)nc(C)nc32)C[C@@H]1OC(=O)CC(C)(C)c1c(C)cc(C)cc1OC(C)=O. The zero-order valence-electron chi connectivity index (χ0n) is 68.2. The molecule has 3 N–H and O–H groups in total. The van der Waals surface area contributed by atoms with Crippen LogP contribution >= 0.6 is 0 Å². The normalized spacial score (nSPS) is 18.2. The van der Waals surface area contributed by atoms with Gasteiger partial charge < -0.3 is 53.6 Å². The summed E-state index contributed by atoms with van der Waals surface area (Å²) in [6.45, 7) is 33.2. The number of terminal acetylenes is 2. The van der Waals surface area contributed by atoms with Crippen molar-refractivity contribution < 1.29 is 81.4 Å². The minimum atomic E-state index is -1.79. The minimum Gasteiger partial charge on any atom is -0.461 e. The number of fused-ring (bicyclic) bond motifs is 2. The molecule has 2 saturated heterocycles. The van der Waals surface area contributed by atoms with Gasteiger partial charge in [-0.1, -0.05) is 124 Å². The number of amides is 2. The summed E-state index contributed by atoms with van der Waals surface area (Å²) in [7, 11) is 0. The lowest BCUT2D eigenvalue weighted by molar-refractivity contribution is -0.168. The molecular weight excluding hydrogens is 1430 g/mol. The van der Waals surface area contributed by atoms with Crippen molar-refractivity contribution in [1.82, 2.24) is 39.0 Å². The molecule has 600 valence electrons. The highest BCUT2D eigenvalue weighted by Gasteiger charge is 2.54. The first-order chi connectivity index (χ1) is 52.7. The highest BCUT2D eigenvalue weighted by molar-refractivity contribution is 5.98. The van der Waals surface area contributed by atoms with E-state index < -0.39 is 94.5 Å². The number of anilines is 2. The summed E-state index contributed by atoms with van der Waals surface area (Å²) >= 11 is 0. The Hall–Kier alpha value is -10.5. The molecule has 3 aromatic carbocycles. The van der Waals surface area contributed by atoms with Crippen LogP contribution < -0.4 is 24.8 Å². The second-order valence-corrected chi connectivity index (χ2v) is 31.4. The van der Waals surface area contributed by atoms with Gasteiger partial charge in [-0.05, 0) is 120 Å². The largest absolute Gasteiger partial charge is 0.461 e. The number of nitrogens with one attached hydrogen (secondary N) is 2. The van der Waals surface area contributed by atoms with Crippen molar-refractivity contribution >= 4 is 81.6 Å². The van der Waals surface area contributed by atoms with Gasteiger partial charge >= 0.3 is 35.8 Å². The van der Waals surface area contributed by atoms with Gasteiger partial charge in [0.25, 0.3) is 0 Å². The van der Waals surface area contributed by atoms with E-state index in [1.165, 1.54) is 33.4 Å². The number of esters is 6. The number of hydrogen-bond acceptors (Lipinski definition) is 23. The molecular formula is C85H108N10O17. The Balaban J connectivity index is 0.000000296. The van der Waals surface area contributed by atoms with Crippen molar-refractivity contribution in [2.24, 2.45) is 0 Å². The standard InChI is InChI=1S/C50H63N5O10.C35H45N5O7/c1-14-16-17-18-19-39(58)54-46-45-47(53-33(7)52-46)55(28-51-45)40-24-38(64-42(60)26-49(12,13)44-32(6)21-30(4)23-37(44)63-35(9)57)50(15-2,65-40)27-61-41(59)25-48(10,11)43-31(5)20-29(3)22-36(43)62-34(8)56;1-9-11-12-13-14-27(43)39-32-31-33(38-23(5)37-32)40(20-36-31)28-17-26(42)35(10-2,47-28)19-45-29(44)18-34(7,8)30-22(4)15-21(3)16-25(30)46-24(6)41/h2,20-23,28,38,40H,14,16-19,24-27H2,1,3-13H3,(H,52,53,54,58);2,15-16,20,26,28,42H,9,11-14,17-19H2,1,3-8H3,(H,37,38,39,43)/t38-,40+,50+;26-,28+,35+/m00/s1. The van der Waals surface area contributed by atoms with Gasteiger partial charge in [0.2, 0.25) is 17.4 Å². The average molecular weight is 1540 g/mol. The summed E-state index contributed by atoms with van der Waals surface area (Å²) in [5.74, 6) is 3.98. The molecule has 2 fully saturated rings. The Morgan fingerprint density at radius 2 is 0.875 bits per heavy atom. The van der Waals surface area contributed by atoms with Crippen LogP contribution in [0.2, 0.25) is 0 Å². The molecule has 4 aromatic heterocycles. The van der Waals surface area contributed by atoms with Crippen molar-refractivity contribution in [1.29, 1.82) is 0 Å². The van der Waals surface area contributed by atoms with Crippen LogP contribution in [0.25, 0.3) is 22.3 Å². The summed E-state index contributed by atoms with van der Waals surface area (Å²) in [5, 5.41) is 16.8. The van der Waals surface area contributed by atoms with Gasteiger partial charge in [-0.3, -0.25) is 47.5 Å². The van der Waals surface area contributed by atoms with E-state index in [1.54, 1.807) is 41.2 Å². The molecule has 0 unspecified atom stereocenters. The van der Waals surface area contributed by atoms with Crippen molar-refractivity contribution in [3.05, 3.63) is 111 Å². The predicted octanol–water partition coefficient (Wildman–Crippen LogP) is 13.8. The van der Waals surface area contributed by atoms with Gasteiger partial charge in [0, 0.05) is 79.4 Å². The number of aliphatic hydroxyl groups excluding tert-OH is 1. The highest BCUT2D eigenvalue weighted by Crippen LogP contribution is 2.46. The van der Waals surface area contributed by atoms with E-state index in [0.717, 1.165) is 90.3 Å². The predicted molar refractivity (Wildman–Crippen MR) is 420 cm³/mol. The zero-order valence-corrected chi connectivity index (χ0v) is 68.2. The van der Waals surface area contributed by atoms with Crippen LogP contribution in [-0.2, 0) is 78.3 Å². The quantitative estimate of drug-likeness (QED) is 0.0119. The van der Waals surface area contributed by atoms with Gasteiger partial charge in [-0.15, -0.1) is 12.8 Å². The fourth-order valence-corrected chi connectivity index (χ4v) is 15.2. The molecule has 27 nitrogen and oxygen atoms in total. The number of rotatable bonds is 31.